The van der Waals surface area contributed by atoms with Gasteiger partial charge in [-0.1, -0.05) is 6.07 Å². The Hall–Kier alpha value is -1.85. The number of halogens is 3. The Morgan fingerprint density at radius 2 is 2.00 bits per heavy atom. The second-order valence-electron chi connectivity index (χ2n) is 4.46. The highest BCUT2D eigenvalue weighted by Gasteiger charge is 2.34. The number of hydrogen-bond donors (Lipinski definition) is 1. The molecule has 2 aromatic rings. The van der Waals surface area contributed by atoms with E-state index in [1.807, 2.05) is 0 Å². The summed E-state index contributed by atoms with van der Waals surface area (Å²) in [4.78, 5) is 16.8. The van der Waals surface area contributed by atoms with Crippen molar-refractivity contribution >= 4 is 10.9 Å². The third-order valence-electron chi connectivity index (χ3n) is 3.05. The van der Waals surface area contributed by atoms with Crippen LogP contribution in [-0.4, -0.2) is 9.97 Å². The quantitative estimate of drug-likeness (QED) is 0.850. The molecule has 0 saturated heterocycles. The summed E-state index contributed by atoms with van der Waals surface area (Å²) in [6.07, 6.45) is -2.55. The molecule has 3 rings (SSSR count). The number of nitrogens with zero attached hydrogens (tertiary/aromatic N) is 1. The number of fused-ring (bicyclic) bond motifs is 1. The van der Waals surface area contributed by atoms with E-state index >= 15 is 0 Å². The van der Waals surface area contributed by atoms with Crippen LogP contribution in [0.2, 0.25) is 0 Å². The number of H-pyrrole nitrogens is 1. The van der Waals surface area contributed by atoms with Crippen LogP contribution in [0.1, 0.15) is 30.1 Å². The van der Waals surface area contributed by atoms with Gasteiger partial charge < -0.3 is 4.98 Å². The lowest BCUT2D eigenvalue weighted by Crippen LogP contribution is -2.19. The van der Waals surface area contributed by atoms with Crippen LogP contribution < -0.4 is 5.56 Å². The van der Waals surface area contributed by atoms with Gasteiger partial charge in [0.25, 0.3) is 5.56 Å². The Labute approximate surface area is 99.7 Å². The number of nitrogens with one attached hydrogen (secondary N) is 1. The van der Waals surface area contributed by atoms with Crippen LogP contribution in [0.15, 0.2) is 23.0 Å². The van der Waals surface area contributed by atoms with E-state index in [2.05, 4.69) is 4.98 Å². The molecule has 0 bridgehead atoms. The van der Waals surface area contributed by atoms with Crippen molar-refractivity contribution in [3.63, 3.8) is 0 Å². The van der Waals surface area contributed by atoms with Crippen LogP contribution in [0.3, 0.4) is 0 Å². The molecule has 0 radical (unpaired) electrons. The summed E-state index contributed by atoms with van der Waals surface area (Å²) < 4.78 is 37.6. The molecule has 1 aliphatic carbocycles. The third-order valence-corrected chi connectivity index (χ3v) is 3.05. The van der Waals surface area contributed by atoms with Crippen LogP contribution in [-0.2, 0) is 6.18 Å². The van der Waals surface area contributed by atoms with E-state index < -0.39 is 17.6 Å². The molecule has 0 amide bonds. The Morgan fingerprint density at radius 3 is 2.61 bits per heavy atom. The van der Waals surface area contributed by atoms with Gasteiger partial charge in [-0.25, -0.2) is 4.98 Å². The van der Waals surface area contributed by atoms with Crippen molar-refractivity contribution in [1.29, 1.82) is 0 Å². The zero-order valence-corrected chi connectivity index (χ0v) is 9.21. The molecule has 0 unspecified atom stereocenters. The summed E-state index contributed by atoms with van der Waals surface area (Å²) >= 11 is 0. The van der Waals surface area contributed by atoms with Gasteiger partial charge >= 0.3 is 6.18 Å². The molecule has 1 aromatic carbocycles. The smallest absolute Gasteiger partial charge is 0.302 e. The van der Waals surface area contributed by atoms with Gasteiger partial charge in [0.2, 0.25) is 5.82 Å². The number of benzene rings is 1. The zero-order chi connectivity index (χ0) is 12.9. The zero-order valence-electron chi connectivity index (χ0n) is 9.21. The maximum Gasteiger partial charge on any atom is 0.449 e. The molecule has 1 N–H and O–H groups in total. The third kappa shape index (κ3) is 1.87. The molecule has 1 fully saturated rings. The van der Waals surface area contributed by atoms with Crippen molar-refractivity contribution in [3.8, 4) is 0 Å². The summed E-state index contributed by atoms with van der Waals surface area (Å²) in [5, 5.41) is 0.187. The van der Waals surface area contributed by atoms with E-state index in [0.29, 0.717) is 5.92 Å². The fraction of sp³-hybridized carbons (Fsp3) is 0.333. The van der Waals surface area contributed by atoms with Gasteiger partial charge in [0.1, 0.15) is 0 Å². The molecule has 0 spiro atoms. The molecule has 0 aliphatic heterocycles. The number of hydrogen-bond acceptors (Lipinski definition) is 2. The van der Waals surface area contributed by atoms with Crippen molar-refractivity contribution < 1.29 is 13.2 Å². The summed E-state index contributed by atoms with van der Waals surface area (Å²) in [5.74, 6) is -0.835. The van der Waals surface area contributed by atoms with Gasteiger partial charge in [0.15, 0.2) is 0 Å². The van der Waals surface area contributed by atoms with E-state index in [0.717, 1.165) is 18.4 Å². The lowest BCUT2D eigenvalue weighted by atomic mass is 10.1. The average molecular weight is 254 g/mol. The predicted octanol–water partition coefficient (Wildman–Crippen LogP) is 2.82. The highest BCUT2D eigenvalue weighted by molar-refractivity contribution is 5.78. The molecule has 1 saturated carbocycles. The SMILES string of the molecule is O=c1[nH]c(C(F)(F)F)nc2cc(C3CC3)ccc12. The number of aromatic amines is 1. The first kappa shape index (κ1) is 11.3. The molecule has 6 heteroatoms. The average Bonchev–Trinajstić information content (AvgIpc) is 3.10. The van der Waals surface area contributed by atoms with Gasteiger partial charge in [0.05, 0.1) is 10.9 Å². The maximum absolute atomic E-state index is 12.5. The monoisotopic (exact) mass is 254 g/mol. The number of alkyl halides is 3. The van der Waals surface area contributed by atoms with Gasteiger partial charge in [0, 0.05) is 0 Å². The minimum atomic E-state index is -4.64. The highest BCUT2D eigenvalue weighted by Crippen LogP contribution is 2.40. The second-order valence-corrected chi connectivity index (χ2v) is 4.46. The lowest BCUT2D eigenvalue weighted by molar-refractivity contribution is -0.144. The fourth-order valence-corrected chi connectivity index (χ4v) is 1.96. The lowest BCUT2D eigenvalue weighted by Gasteiger charge is -2.07. The van der Waals surface area contributed by atoms with E-state index in [4.69, 9.17) is 0 Å². The largest absolute Gasteiger partial charge is 0.449 e. The molecule has 18 heavy (non-hydrogen) atoms. The van der Waals surface area contributed by atoms with Crippen molar-refractivity contribution in [2.75, 3.05) is 0 Å². The van der Waals surface area contributed by atoms with Crippen molar-refractivity contribution in [2.45, 2.75) is 24.9 Å². The van der Waals surface area contributed by atoms with Gasteiger partial charge in [-0.3, -0.25) is 4.79 Å². The van der Waals surface area contributed by atoms with Crippen LogP contribution in [0.4, 0.5) is 13.2 Å². The van der Waals surface area contributed by atoms with Gasteiger partial charge in [-0.15, -0.1) is 0 Å². The Bertz CT molecular complexity index is 671. The first-order chi connectivity index (χ1) is 8.45. The Kier molecular flexibility index (Phi) is 2.23. The molecular weight excluding hydrogens is 245 g/mol. The van der Waals surface area contributed by atoms with Crippen molar-refractivity contribution in [3.05, 3.63) is 39.9 Å². The molecule has 0 atom stereocenters. The maximum atomic E-state index is 12.5. The van der Waals surface area contributed by atoms with Crippen LogP contribution in [0.5, 0.6) is 0 Å². The van der Waals surface area contributed by atoms with E-state index in [-0.39, 0.29) is 10.9 Å². The molecule has 1 aliphatic rings. The second kappa shape index (κ2) is 3.57. The molecule has 94 valence electrons. The fourth-order valence-electron chi connectivity index (χ4n) is 1.96. The number of aromatic nitrogens is 2. The molecule has 1 heterocycles. The van der Waals surface area contributed by atoms with E-state index in [1.54, 1.807) is 17.1 Å². The van der Waals surface area contributed by atoms with Gasteiger partial charge in [-0.05, 0) is 36.5 Å². The summed E-state index contributed by atoms with van der Waals surface area (Å²) in [6.45, 7) is 0. The first-order valence-corrected chi connectivity index (χ1v) is 5.56. The highest BCUT2D eigenvalue weighted by atomic mass is 19.4. The standard InChI is InChI=1S/C12H9F3N2O/c13-12(14,15)11-16-9-5-7(6-1-2-6)3-4-8(9)10(18)17-11/h3-6H,1-2H2,(H,16,17,18). The van der Waals surface area contributed by atoms with Crippen LogP contribution in [0.25, 0.3) is 10.9 Å². The topological polar surface area (TPSA) is 45.8 Å². The molecular formula is C12H9F3N2O. The first-order valence-electron chi connectivity index (χ1n) is 5.56. The minimum absolute atomic E-state index is 0.107. The van der Waals surface area contributed by atoms with Crippen LogP contribution >= 0.6 is 0 Å². The Balaban J connectivity index is 2.23. The van der Waals surface area contributed by atoms with Crippen molar-refractivity contribution in [2.24, 2.45) is 0 Å². The summed E-state index contributed by atoms with van der Waals surface area (Å²) in [6, 6.07) is 4.90. The normalized spacial score (nSPS) is 16.2. The van der Waals surface area contributed by atoms with Crippen molar-refractivity contribution in [1.82, 2.24) is 9.97 Å². The molecule has 3 nitrogen and oxygen atoms in total. The van der Waals surface area contributed by atoms with E-state index in [9.17, 15) is 18.0 Å². The minimum Gasteiger partial charge on any atom is -0.302 e. The van der Waals surface area contributed by atoms with Gasteiger partial charge in [-0.2, -0.15) is 13.2 Å². The van der Waals surface area contributed by atoms with E-state index in [1.165, 1.54) is 6.07 Å². The van der Waals surface area contributed by atoms with Crippen LogP contribution in [0, 0.1) is 0 Å². The summed E-state index contributed by atoms with van der Waals surface area (Å²) in [7, 11) is 0. The molecule has 1 aromatic heterocycles. The Morgan fingerprint density at radius 1 is 1.28 bits per heavy atom. The predicted molar refractivity (Wildman–Crippen MR) is 59.3 cm³/mol. The number of rotatable bonds is 1. The summed E-state index contributed by atoms with van der Waals surface area (Å²) in [5.41, 5.74) is 0.305.